The molecule has 1 aromatic carbocycles. The van der Waals surface area contributed by atoms with Gasteiger partial charge in [-0.25, -0.2) is 13.1 Å². The van der Waals surface area contributed by atoms with Crippen molar-refractivity contribution in [3.8, 4) is 0 Å². The maximum atomic E-state index is 11.9. The van der Waals surface area contributed by atoms with Crippen molar-refractivity contribution < 1.29 is 13.2 Å². The maximum Gasteiger partial charge on any atom is 0.240 e. The Kier molecular flexibility index (Phi) is 4.86. The summed E-state index contributed by atoms with van der Waals surface area (Å²) in [7, 11) is -0.217. The molecular formula is C12H18N2O3S. The molecule has 0 saturated heterocycles. The molecule has 0 unspecified atom stereocenters. The third kappa shape index (κ3) is 4.85. The quantitative estimate of drug-likeness (QED) is 0.833. The average molecular weight is 270 g/mol. The van der Waals surface area contributed by atoms with Crippen LogP contribution < -0.4 is 4.72 Å². The zero-order valence-electron chi connectivity index (χ0n) is 10.8. The van der Waals surface area contributed by atoms with E-state index in [-0.39, 0.29) is 5.91 Å². The number of hydrogen-bond acceptors (Lipinski definition) is 3. The zero-order valence-corrected chi connectivity index (χ0v) is 11.6. The molecule has 1 amide bonds. The summed E-state index contributed by atoms with van der Waals surface area (Å²) in [5.74, 6) is -0.260. The highest BCUT2D eigenvalue weighted by Crippen LogP contribution is 2.05. The third-order valence-electron chi connectivity index (χ3n) is 2.38. The minimum absolute atomic E-state index is 0.260. The number of rotatable bonds is 5. The monoisotopic (exact) mass is 270 g/mol. The van der Waals surface area contributed by atoms with Crippen molar-refractivity contribution in [2.75, 3.05) is 20.4 Å². The van der Waals surface area contributed by atoms with Crippen LogP contribution in [0.3, 0.4) is 0 Å². The molecule has 100 valence electrons. The van der Waals surface area contributed by atoms with Gasteiger partial charge in [-0.05, 0) is 12.0 Å². The third-order valence-corrected chi connectivity index (χ3v) is 3.09. The fourth-order valence-corrected chi connectivity index (χ4v) is 2.30. The lowest BCUT2D eigenvalue weighted by molar-refractivity contribution is -0.130. The Hall–Kier alpha value is -1.40. The number of carbonyl (C=O) groups excluding carboxylic acids is 1. The van der Waals surface area contributed by atoms with Crippen molar-refractivity contribution in [2.24, 2.45) is 0 Å². The van der Waals surface area contributed by atoms with E-state index >= 15 is 0 Å². The van der Waals surface area contributed by atoms with E-state index in [9.17, 15) is 13.2 Å². The van der Waals surface area contributed by atoms with Crippen molar-refractivity contribution in [3.05, 3.63) is 35.9 Å². The van der Waals surface area contributed by atoms with Crippen LogP contribution in [0.1, 0.15) is 5.56 Å². The highest BCUT2D eigenvalue weighted by Gasteiger charge is 2.23. The molecule has 0 bridgehead atoms. The number of amides is 1. The van der Waals surface area contributed by atoms with Crippen LogP contribution in [0, 0.1) is 0 Å². The van der Waals surface area contributed by atoms with Crippen molar-refractivity contribution >= 4 is 15.9 Å². The predicted octanol–water partition coefficient (Wildman–Crippen LogP) is 0.235. The summed E-state index contributed by atoms with van der Waals surface area (Å²) < 4.78 is 24.9. The van der Waals surface area contributed by atoms with E-state index < -0.39 is 16.1 Å². The van der Waals surface area contributed by atoms with Crippen molar-refractivity contribution in [1.29, 1.82) is 0 Å². The van der Waals surface area contributed by atoms with Gasteiger partial charge in [-0.1, -0.05) is 30.3 Å². The second-order valence-corrected chi connectivity index (χ2v) is 6.15. The number of benzene rings is 1. The Balaban J connectivity index is 2.88. The van der Waals surface area contributed by atoms with Gasteiger partial charge in [-0.3, -0.25) is 4.79 Å². The highest BCUT2D eigenvalue weighted by molar-refractivity contribution is 7.88. The van der Waals surface area contributed by atoms with Crippen LogP contribution >= 0.6 is 0 Å². The Bertz CT molecular complexity index is 497. The number of carbonyl (C=O) groups is 1. The minimum atomic E-state index is -3.42. The molecule has 0 aliphatic heterocycles. The van der Waals surface area contributed by atoms with Gasteiger partial charge in [-0.15, -0.1) is 0 Å². The number of nitrogens with zero attached hydrogens (tertiary/aromatic N) is 1. The van der Waals surface area contributed by atoms with Crippen molar-refractivity contribution in [2.45, 2.75) is 12.5 Å². The molecule has 0 aliphatic rings. The maximum absolute atomic E-state index is 11.9. The fourth-order valence-electron chi connectivity index (χ4n) is 1.60. The Labute approximate surface area is 108 Å². The summed E-state index contributed by atoms with van der Waals surface area (Å²) in [5, 5.41) is 0. The van der Waals surface area contributed by atoms with Crippen LogP contribution in [0.4, 0.5) is 0 Å². The predicted molar refractivity (Wildman–Crippen MR) is 70.6 cm³/mol. The summed E-state index contributed by atoms with van der Waals surface area (Å²) in [4.78, 5) is 13.3. The topological polar surface area (TPSA) is 66.5 Å². The van der Waals surface area contributed by atoms with Gasteiger partial charge in [0.05, 0.1) is 6.26 Å². The van der Waals surface area contributed by atoms with Crippen molar-refractivity contribution in [3.63, 3.8) is 0 Å². The van der Waals surface area contributed by atoms with Gasteiger partial charge in [-0.2, -0.15) is 0 Å². The lowest BCUT2D eigenvalue weighted by atomic mass is 10.1. The summed E-state index contributed by atoms with van der Waals surface area (Å²) in [6.45, 7) is 0. The van der Waals surface area contributed by atoms with E-state index in [0.29, 0.717) is 6.42 Å². The van der Waals surface area contributed by atoms with E-state index in [2.05, 4.69) is 4.72 Å². The van der Waals surface area contributed by atoms with Crippen LogP contribution in [-0.4, -0.2) is 45.6 Å². The van der Waals surface area contributed by atoms with Gasteiger partial charge in [0.15, 0.2) is 0 Å². The highest BCUT2D eigenvalue weighted by atomic mass is 32.2. The Morgan fingerprint density at radius 1 is 1.28 bits per heavy atom. The van der Waals surface area contributed by atoms with Gasteiger partial charge in [0.1, 0.15) is 6.04 Å². The van der Waals surface area contributed by atoms with Crippen LogP contribution in [0.5, 0.6) is 0 Å². The van der Waals surface area contributed by atoms with Crippen LogP contribution in [-0.2, 0) is 21.2 Å². The minimum Gasteiger partial charge on any atom is -0.347 e. The number of sulfonamides is 1. The largest absolute Gasteiger partial charge is 0.347 e. The van der Waals surface area contributed by atoms with E-state index in [1.165, 1.54) is 4.90 Å². The molecule has 0 spiro atoms. The molecule has 6 heteroatoms. The molecule has 1 aromatic rings. The molecule has 1 N–H and O–H groups in total. The number of likely N-dealkylation sites (N-methyl/N-ethyl adjacent to an activating group) is 1. The molecule has 1 atom stereocenters. The van der Waals surface area contributed by atoms with Gasteiger partial charge in [0.2, 0.25) is 15.9 Å². The second kappa shape index (κ2) is 5.97. The van der Waals surface area contributed by atoms with Gasteiger partial charge in [0, 0.05) is 14.1 Å². The molecule has 18 heavy (non-hydrogen) atoms. The first-order valence-electron chi connectivity index (χ1n) is 5.52. The summed E-state index contributed by atoms with van der Waals surface area (Å²) in [6.07, 6.45) is 1.39. The lowest BCUT2D eigenvalue weighted by Crippen LogP contribution is -2.47. The molecule has 0 saturated carbocycles. The smallest absolute Gasteiger partial charge is 0.240 e. The standard InChI is InChI=1S/C12H18N2O3S/c1-14(2)12(15)11(13-18(3,16)17)9-10-7-5-4-6-8-10/h4-8,11,13H,9H2,1-3H3/t11-/m0/s1. The zero-order chi connectivity index (χ0) is 13.8. The Morgan fingerprint density at radius 3 is 2.28 bits per heavy atom. The van der Waals surface area contributed by atoms with Crippen LogP contribution in [0.2, 0.25) is 0 Å². The molecule has 5 nitrogen and oxygen atoms in total. The fraction of sp³-hybridized carbons (Fsp3) is 0.417. The van der Waals surface area contributed by atoms with Gasteiger partial charge in [0.25, 0.3) is 0 Å². The van der Waals surface area contributed by atoms with E-state index in [0.717, 1.165) is 11.8 Å². The van der Waals surface area contributed by atoms with Gasteiger partial charge >= 0.3 is 0 Å². The molecule has 0 heterocycles. The number of hydrogen-bond donors (Lipinski definition) is 1. The first-order valence-corrected chi connectivity index (χ1v) is 7.41. The second-order valence-electron chi connectivity index (χ2n) is 4.36. The molecule has 0 aliphatic carbocycles. The summed E-state index contributed by atoms with van der Waals surface area (Å²) in [5.41, 5.74) is 0.911. The lowest BCUT2D eigenvalue weighted by Gasteiger charge is -2.20. The van der Waals surface area contributed by atoms with E-state index in [4.69, 9.17) is 0 Å². The molecule has 0 radical (unpaired) electrons. The first-order chi connectivity index (χ1) is 8.29. The van der Waals surface area contributed by atoms with Crippen molar-refractivity contribution in [1.82, 2.24) is 9.62 Å². The molecular weight excluding hydrogens is 252 g/mol. The van der Waals surface area contributed by atoms with Crippen LogP contribution in [0.15, 0.2) is 30.3 Å². The van der Waals surface area contributed by atoms with E-state index in [1.807, 2.05) is 30.3 Å². The summed E-state index contributed by atoms with van der Waals surface area (Å²) >= 11 is 0. The first kappa shape index (κ1) is 14.7. The molecule has 0 aromatic heterocycles. The van der Waals surface area contributed by atoms with E-state index in [1.54, 1.807) is 14.1 Å². The summed E-state index contributed by atoms with van der Waals surface area (Å²) in [6, 6.07) is 8.54. The van der Waals surface area contributed by atoms with Crippen LogP contribution in [0.25, 0.3) is 0 Å². The molecule has 1 rings (SSSR count). The Morgan fingerprint density at radius 2 is 1.83 bits per heavy atom. The van der Waals surface area contributed by atoms with Gasteiger partial charge < -0.3 is 4.90 Å². The average Bonchev–Trinajstić information content (AvgIpc) is 2.26. The molecule has 0 fully saturated rings. The number of nitrogens with one attached hydrogen (secondary N) is 1. The SMILES string of the molecule is CN(C)C(=O)[C@H](Cc1ccccc1)NS(C)(=O)=O. The normalized spacial score (nSPS) is 13.1.